The highest BCUT2D eigenvalue weighted by Crippen LogP contribution is 2.20. The molecule has 0 bridgehead atoms. The summed E-state index contributed by atoms with van der Waals surface area (Å²) in [6.45, 7) is 1.90. The Kier molecular flexibility index (Phi) is 4.52. The van der Waals surface area contributed by atoms with Gasteiger partial charge >= 0.3 is 0 Å². The largest absolute Gasteiger partial charge is 0.389 e. The van der Waals surface area contributed by atoms with Gasteiger partial charge in [0.1, 0.15) is 4.99 Å². The van der Waals surface area contributed by atoms with Gasteiger partial charge in [-0.05, 0) is 48.9 Å². The summed E-state index contributed by atoms with van der Waals surface area (Å²) in [7, 11) is 0. The number of hydrogen-bond donors (Lipinski definition) is 2. The number of rotatable bonds is 3. The molecule has 3 nitrogen and oxygen atoms in total. The first-order chi connectivity index (χ1) is 9.49. The van der Waals surface area contributed by atoms with E-state index in [1.807, 2.05) is 19.1 Å². The summed E-state index contributed by atoms with van der Waals surface area (Å²) >= 11 is 8.30. The van der Waals surface area contributed by atoms with Gasteiger partial charge in [0, 0.05) is 21.3 Å². The van der Waals surface area contributed by atoms with Gasteiger partial charge in [-0.3, -0.25) is 4.79 Å². The second kappa shape index (κ2) is 6.15. The van der Waals surface area contributed by atoms with Crippen LogP contribution in [-0.2, 0) is 0 Å². The summed E-state index contributed by atoms with van der Waals surface area (Å²) in [5.74, 6) is -0.146. The van der Waals surface area contributed by atoms with Gasteiger partial charge in [-0.2, -0.15) is 0 Å². The third-order valence-electron chi connectivity index (χ3n) is 2.94. The van der Waals surface area contributed by atoms with Crippen molar-refractivity contribution in [1.29, 1.82) is 0 Å². The lowest BCUT2D eigenvalue weighted by atomic mass is 10.1. The van der Waals surface area contributed by atoms with Crippen LogP contribution in [0.25, 0.3) is 0 Å². The fourth-order valence-electron chi connectivity index (χ4n) is 1.77. The minimum absolute atomic E-state index is 0.146. The van der Waals surface area contributed by atoms with Gasteiger partial charge in [0.2, 0.25) is 0 Å². The van der Waals surface area contributed by atoms with E-state index in [1.165, 1.54) is 0 Å². The maximum atomic E-state index is 12.2. The number of thiocarbonyl (C=S) groups is 1. The first-order valence-electron chi connectivity index (χ1n) is 5.95. The van der Waals surface area contributed by atoms with E-state index < -0.39 is 0 Å². The van der Waals surface area contributed by atoms with Crippen molar-refractivity contribution in [1.82, 2.24) is 0 Å². The Labute approximate surface area is 131 Å². The monoisotopic (exact) mass is 348 g/mol. The van der Waals surface area contributed by atoms with Crippen LogP contribution in [0.4, 0.5) is 5.69 Å². The molecule has 0 spiro atoms. The normalized spacial score (nSPS) is 10.1. The number of amides is 1. The predicted octanol–water partition coefficient (Wildman–Crippen LogP) is 3.64. The van der Waals surface area contributed by atoms with Crippen molar-refractivity contribution < 1.29 is 4.79 Å². The first-order valence-corrected chi connectivity index (χ1v) is 7.15. The summed E-state index contributed by atoms with van der Waals surface area (Å²) < 4.78 is 0.911. The van der Waals surface area contributed by atoms with Gasteiger partial charge in [0.05, 0.1) is 0 Å². The van der Waals surface area contributed by atoms with Gasteiger partial charge in [0.25, 0.3) is 5.91 Å². The van der Waals surface area contributed by atoms with E-state index in [2.05, 4.69) is 21.2 Å². The second-order valence-corrected chi connectivity index (χ2v) is 5.60. The number of carbonyl (C=O) groups is 1. The van der Waals surface area contributed by atoms with Crippen molar-refractivity contribution in [2.45, 2.75) is 6.92 Å². The topological polar surface area (TPSA) is 55.1 Å². The van der Waals surface area contributed by atoms with E-state index >= 15 is 0 Å². The van der Waals surface area contributed by atoms with Crippen LogP contribution >= 0.6 is 28.1 Å². The number of hydrogen-bond acceptors (Lipinski definition) is 2. The molecule has 0 aliphatic heterocycles. The van der Waals surface area contributed by atoms with Crippen molar-refractivity contribution in [2.75, 3.05) is 5.32 Å². The number of nitrogens with one attached hydrogen (secondary N) is 1. The predicted molar refractivity (Wildman–Crippen MR) is 89.2 cm³/mol. The Morgan fingerprint density at radius 2 is 1.85 bits per heavy atom. The van der Waals surface area contributed by atoms with Gasteiger partial charge in [-0.25, -0.2) is 0 Å². The fourth-order valence-corrected chi connectivity index (χ4v) is 2.27. The van der Waals surface area contributed by atoms with Crippen molar-refractivity contribution in [3.05, 3.63) is 63.6 Å². The molecule has 2 aromatic carbocycles. The Hall–Kier alpha value is -1.72. The highest BCUT2D eigenvalue weighted by atomic mass is 79.9. The van der Waals surface area contributed by atoms with E-state index in [-0.39, 0.29) is 5.91 Å². The molecule has 0 heterocycles. The molecule has 102 valence electrons. The number of carbonyl (C=O) groups excluding carboxylic acids is 1. The summed E-state index contributed by atoms with van der Waals surface area (Å²) in [5.41, 5.74) is 8.55. The molecule has 0 unspecified atom stereocenters. The van der Waals surface area contributed by atoms with Crippen LogP contribution < -0.4 is 11.1 Å². The molecule has 3 N–H and O–H groups in total. The molecule has 5 heteroatoms. The minimum Gasteiger partial charge on any atom is -0.389 e. The number of nitrogens with two attached hydrogens (primary N) is 1. The minimum atomic E-state index is -0.146. The van der Waals surface area contributed by atoms with E-state index in [0.717, 1.165) is 15.6 Å². The van der Waals surface area contributed by atoms with Crippen LogP contribution in [-0.4, -0.2) is 10.9 Å². The van der Waals surface area contributed by atoms with Crippen LogP contribution in [0, 0.1) is 6.92 Å². The molecule has 0 aromatic heterocycles. The fraction of sp³-hybridized carbons (Fsp3) is 0.0667. The van der Waals surface area contributed by atoms with Crippen molar-refractivity contribution in [2.24, 2.45) is 5.73 Å². The summed E-state index contributed by atoms with van der Waals surface area (Å²) in [6.07, 6.45) is 0. The molecular formula is C15H13BrN2OS. The lowest BCUT2D eigenvalue weighted by Gasteiger charge is -2.09. The van der Waals surface area contributed by atoms with E-state index in [0.29, 0.717) is 16.2 Å². The lowest BCUT2D eigenvalue weighted by Crippen LogP contribution is -2.14. The summed E-state index contributed by atoms with van der Waals surface area (Å²) in [5, 5.41) is 2.85. The molecule has 0 saturated carbocycles. The quantitative estimate of drug-likeness (QED) is 0.832. The Balaban J connectivity index is 2.19. The molecule has 0 radical (unpaired) electrons. The van der Waals surface area contributed by atoms with Crippen molar-refractivity contribution >= 4 is 44.7 Å². The molecular weight excluding hydrogens is 336 g/mol. The average molecular weight is 349 g/mol. The SMILES string of the molecule is Cc1c(Br)cccc1C(=O)Nc1ccc(C(N)=S)cc1. The third kappa shape index (κ3) is 3.23. The molecule has 2 aromatic rings. The molecule has 0 atom stereocenters. The lowest BCUT2D eigenvalue weighted by molar-refractivity contribution is 0.102. The number of benzene rings is 2. The molecule has 0 fully saturated rings. The zero-order chi connectivity index (χ0) is 14.7. The molecule has 1 amide bonds. The second-order valence-electron chi connectivity index (χ2n) is 4.31. The van der Waals surface area contributed by atoms with E-state index in [4.69, 9.17) is 18.0 Å². The zero-order valence-corrected chi connectivity index (χ0v) is 13.2. The van der Waals surface area contributed by atoms with Gasteiger partial charge in [-0.15, -0.1) is 0 Å². The van der Waals surface area contributed by atoms with E-state index in [9.17, 15) is 4.79 Å². The van der Waals surface area contributed by atoms with E-state index in [1.54, 1.807) is 30.3 Å². The molecule has 0 aliphatic rings. The van der Waals surface area contributed by atoms with Crippen LogP contribution in [0.1, 0.15) is 21.5 Å². The van der Waals surface area contributed by atoms with Gasteiger partial charge in [-0.1, -0.05) is 34.2 Å². The van der Waals surface area contributed by atoms with Crippen molar-refractivity contribution in [3.8, 4) is 0 Å². The van der Waals surface area contributed by atoms with Crippen LogP contribution in [0.5, 0.6) is 0 Å². The number of halogens is 1. The van der Waals surface area contributed by atoms with Crippen LogP contribution in [0.2, 0.25) is 0 Å². The molecule has 20 heavy (non-hydrogen) atoms. The zero-order valence-electron chi connectivity index (χ0n) is 10.8. The number of anilines is 1. The van der Waals surface area contributed by atoms with Gasteiger partial charge < -0.3 is 11.1 Å². The van der Waals surface area contributed by atoms with Crippen LogP contribution in [0.3, 0.4) is 0 Å². The summed E-state index contributed by atoms with van der Waals surface area (Å²) in [6, 6.07) is 12.7. The Morgan fingerprint density at radius 1 is 1.20 bits per heavy atom. The maximum absolute atomic E-state index is 12.2. The molecule has 0 saturated heterocycles. The van der Waals surface area contributed by atoms with Gasteiger partial charge in [0.15, 0.2) is 0 Å². The Bertz CT molecular complexity index is 668. The van der Waals surface area contributed by atoms with Crippen LogP contribution in [0.15, 0.2) is 46.9 Å². The highest BCUT2D eigenvalue weighted by molar-refractivity contribution is 9.10. The standard InChI is InChI=1S/C15H13BrN2OS/c1-9-12(3-2-4-13(9)16)15(19)18-11-7-5-10(6-8-11)14(17)20/h2-8H,1H3,(H2,17,20)(H,18,19). The maximum Gasteiger partial charge on any atom is 0.255 e. The molecule has 0 aliphatic carbocycles. The summed E-state index contributed by atoms with van der Waals surface area (Å²) in [4.78, 5) is 12.6. The third-order valence-corrected chi connectivity index (χ3v) is 4.03. The molecule has 2 rings (SSSR count). The Morgan fingerprint density at radius 3 is 2.45 bits per heavy atom. The average Bonchev–Trinajstić information content (AvgIpc) is 2.42. The highest BCUT2D eigenvalue weighted by Gasteiger charge is 2.10. The van der Waals surface area contributed by atoms with Crippen molar-refractivity contribution in [3.63, 3.8) is 0 Å². The smallest absolute Gasteiger partial charge is 0.255 e. The first kappa shape index (κ1) is 14.7.